The van der Waals surface area contributed by atoms with Gasteiger partial charge in [0.15, 0.2) is 0 Å². The van der Waals surface area contributed by atoms with Crippen LogP contribution in [-0.2, 0) is 9.53 Å². The Balaban J connectivity index is 2.58. The molecule has 5 nitrogen and oxygen atoms in total. The molecule has 1 fully saturated rings. The number of esters is 1. The second-order valence-electron chi connectivity index (χ2n) is 3.69. The van der Waals surface area contributed by atoms with Gasteiger partial charge in [0.2, 0.25) is 6.54 Å². The normalized spacial score (nSPS) is 26.9. The highest BCUT2D eigenvalue weighted by atomic mass is 16.6. The van der Waals surface area contributed by atoms with Crippen molar-refractivity contribution in [1.29, 1.82) is 0 Å². The average Bonchev–Trinajstić information content (AvgIpc) is 2.16. The molecule has 80 valence electrons. The van der Waals surface area contributed by atoms with Crippen LogP contribution in [0.1, 0.15) is 25.7 Å². The third-order valence-electron chi connectivity index (χ3n) is 2.80. The molecular weight excluding hydrogens is 186 g/mol. The Morgan fingerprint density at radius 3 is 2.71 bits per heavy atom. The van der Waals surface area contributed by atoms with E-state index in [0.29, 0.717) is 0 Å². The van der Waals surface area contributed by atoms with Crippen molar-refractivity contribution in [3.8, 4) is 0 Å². The molecule has 1 rings (SSSR count). The zero-order chi connectivity index (χ0) is 10.6. The van der Waals surface area contributed by atoms with Crippen LogP contribution in [0.2, 0.25) is 0 Å². The van der Waals surface area contributed by atoms with Gasteiger partial charge in [0.05, 0.1) is 13.0 Å². The van der Waals surface area contributed by atoms with Crippen LogP contribution in [0.15, 0.2) is 0 Å². The molecule has 1 saturated carbocycles. The maximum Gasteiger partial charge on any atom is 0.309 e. The van der Waals surface area contributed by atoms with E-state index >= 15 is 0 Å². The first-order valence-corrected chi connectivity index (χ1v) is 4.84. The van der Waals surface area contributed by atoms with E-state index < -0.39 is 0 Å². The first-order valence-electron chi connectivity index (χ1n) is 4.84. The van der Waals surface area contributed by atoms with Crippen LogP contribution in [0.4, 0.5) is 0 Å². The lowest BCUT2D eigenvalue weighted by Crippen LogP contribution is -2.32. The molecule has 0 aromatic carbocycles. The lowest BCUT2D eigenvalue weighted by atomic mass is 9.79. The maximum absolute atomic E-state index is 11.3. The number of carbonyl (C=O) groups excluding carboxylic acids is 1. The molecular formula is C9H15NO4. The lowest BCUT2D eigenvalue weighted by Gasteiger charge is -2.26. The molecule has 0 amide bonds. The van der Waals surface area contributed by atoms with E-state index in [9.17, 15) is 14.9 Å². The highest BCUT2D eigenvalue weighted by molar-refractivity contribution is 5.72. The third-order valence-corrected chi connectivity index (χ3v) is 2.80. The van der Waals surface area contributed by atoms with Gasteiger partial charge in [-0.1, -0.05) is 12.8 Å². The summed E-state index contributed by atoms with van der Waals surface area (Å²) in [5.74, 6) is -0.693. The zero-order valence-electron chi connectivity index (χ0n) is 8.27. The number of rotatable bonds is 3. The predicted molar refractivity (Wildman–Crippen MR) is 49.3 cm³/mol. The van der Waals surface area contributed by atoms with Gasteiger partial charge in [-0.15, -0.1) is 0 Å². The summed E-state index contributed by atoms with van der Waals surface area (Å²) in [6, 6.07) is 0. The molecule has 0 radical (unpaired) electrons. The summed E-state index contributed by atoms with van der Waals surface area (Å²) in [6.07, 6.45) is 3.44. The van der Waals surface area contributed by atoms with Gasteiger partial charge in [0.25, 0.3) is 0 Å². The number of hydrogen-bond acceptors (Lipinski definition) is 4. The summed E-state index contributed by atoms with van der Waals surface area (Å²) in [7, 11) is 1.33. The summed E-state index contributed by atoms with van der Waals surface area (Å²) >= 11 is 0. The number of ether oxygens (including phenoxy) is 1. The molecule has 0 aromatic heterocycles. The monoisotopic (exact) mass is 201 g/mol. The summed E-state index contributed by atoms with van der Waals surface area (Å²) in [5.41, 5.74) is 0. The molecule has 1 aliphatic carbocycles. The second-order valence-corrected chi connectivity index (χ2v) is 3.69. The number of carbonyl (C=O) groups is 1. The summed E-state index contributed by atoms with van der Waals surface area (Å²) < 4.78 is 4.64. The van der Waals surface area contributed by atoms with Gasteiger partial charge >= 0.3 is 5.97 Å². The minimum absolute atomic E-state index is 0.111. The Labute approximate surface area is 82.6 Å². The standard InChI is InChI=1S/C9H15NO4/c1-14-9(11)8-5-3-2-4-7(8)6-10(12)13/h7-8H,2-6H2,1H3. The third kappa shape index (κ3) is 2.68. The van der Waals surface area contributed by atoms with Crippen molar-refractivity contribution >= 4 is 5.97 Å². The highest BCUT2D eigenvalue weighted by Crippen LogP contribution is 2.30. The Morgan fingerprint density at radius 1 is 1.50 bits per heavy atom. The Morgan fingerprint density at radius 2 is 2.14 bits per heavy atom. The molecule has 14 heavy (non-hydrogen) atoms. The highest BCUT2D eigenvalue weighted by Gasteiger charge is 2.34. The largest absolute Gasteiger partial charge is 0.469 e. The predicted octanol–water partition coefficient (Wildman–Crippen LogP) is 1.24. The van der Waals surface area contributed by atoms with Gasteiger partial charge in [0.1, 0.15) is 0 Å². The van der Waals surface area contributed by atoms with Crippen molar-refractivity contribution in [2.75, 3.05) is 13.7 Å². The fourth-order valence-corrected chi connectivity index (χ4v) is 2.08. The molecule has 0 aromatic rings. The molecule has 0 saturated heterocycles. The van der Waals surface area contributed by atoms with Gasteiger partial charge in [-0.2, -0.15) is 0 Å². The zero-order valence-corrected chi connectivity index (χ0v) is 8.27. The SMILES string of the molecule is COC(=O)C1CCCCC1C[N+](=O)[O-]. The Kier molecular flexibility index (Phi) is 3.85. The lowest BCUT2D eigenvalue weighted by molar-refractivity contribution is -0.490. The fraction of sp³-hybridized carbons (Fsp3) is 0.889. The summed E-state index contributed by atoms with van der Waals surface area (Å²) in [5, 5.41) is 10.4. The smallest absolute Gasteiger partial charge is 0.309 e. The van der Waals surface area contributed by atoms with Crippen LogP contribution in [0.3, 0.4) is 0 Å². The quantitative estimate of drug-likeness (QED) is 0.391. The van der Waals surface area contributed by atoms with Crippen LogP contribution in [-0.4, -0.2) is 24.5 Å². The van der Waals surface area contributed by atoms with Gasteiger partial charge in [-0.25, -0.2) is 0 Å². The van der Waals surface area contributed by atoms with E-state index in [1.807, 2.05) is 0 Å². The molecule has 0 spiro atoms. The molecule has 5 heteroatoms. The summed E-state index contributed by atoms with van der Waals surface area (Å²) in [4.78, 5) is 21.4. The molecule has 2 atom stereocenters. The van der Waals surface area contributed by atoms with Crippen molar-refractivity contribution in [2.45, 2.75) is 25.7 Å². The van der Waals surface area contributed by atoms with Crippen LogP contribution < -0.4 is 0 Å². The first-order chi connectivity index (χ1) is 6.65. The van der Waals surface area contributed by atoms with Gasteiger partial charge in [0, 0.05) is 10.8 Å². The van der Waals surface area contributed by atoms with Crippen LogP contribution in [0.5, 0.6) is 0 Å². The van der Waals surface area contributed by atoms with E-state index in [2.05, 4.69) is 4.74 Å². The van der Waals surface area contributed by atoms with Crippen LogP contribution in [0.25, 0.3) is 0 Å². The summed E-state index contributed by atoms with van der Waals surface area (Å²) in [6.45, 7) is -0.111. The number of nitro groups is 1. The molecule has 2 unspecified atom stereocenters. The minimum Gasteiger partial charge on any atom is -0.469 e. The van der Waals surface area contributed by atoms with Crippen LogP contribution in [0, 0.1) is 22.0 Å². The first kappa shape index (κ1) is 10.9. The van der Waals surface area contributed by atoms with E-state index in [1.54, 1.807) is 0 Å². The Bertz CT molecular complexity index is 229. The molecule has 0 N–H and O–H groups in total. The minimum atomic E-state index is -0.341. The van der Waals surface area contributed by atoms with Crippen molar-refractivity contribution in [3.05, 3.63) is 10.1 Å². The van der Waals surface area contributed by atoms with Gasteiger partial charge in [-0.3, -0.25) is 14.9 Å². The molecule has 0 heterocycles. The average molecular weight is 201 g/mol. The number of hydrogen-bond donors (Lipinski definition) is 0. The Hall–Kier alpha value is -1.13. The molecule has 1 aliphatic rings. The topological polar surface area (TPSA) is 69.4 Å². The molecule has 0 bridgehead atoms. The van der Waals surface area contributed by atoms with Crippen LogP contribution >= 0.6 is 0 Å². The maximum atomic E-state index is 11.3. The van der Waals surface area contributed by atoms with Gasteiger partial charge in [-0.05, 0) is 12.8 Å². The van der Waals surface area contributed by atoms with Crippen molar-refractivity contribution in [1.82, 2.24) is 0 Å². The number of nitrogens with zero attached hydrogens (tertiary/aromatic N) is 1. The van der Waals surface area contributed by atoms with Crippen molar-refractivity contribution in [3.63, 3.8) is 0 Å². The van der Waals surface area contributed by atoms with Crippen molar-refractivity contribution < 1.29 is 14.5 Å². The fourth-order valence-electron chi connectivity index (χ4n) is 2.08. The molecule has 0 aliphatic heterocycles. The number of methoxy groups -OCH3 is 1. The van der Waals surface area contributed by atoms with E-state index in [4.69, 9.17) is 0 Å². The van der Waals surface area contributed by atoms with E-state index in [-0.39, 0.29) is 29.3 Å². The van der Waals surface area contributed by atoms with Crippen molar-refractivity contribution in [2.24, 2.45) is 11.8 Å². The van der Waals surface area contributed by atoms with E-state index in [1.165, 1.54) is 7.11 Å². The van der Waals surface area contributed by atoms with E-state index in [0.717, 1.165) is 25.7 Å². The second kappa shape index (κ2) is 4.93. The van der Waals surface area contributed by atoms with Gasteiger partial charge < -0.3 is 4.74 Å².